The molecule has 0 spiro atoms. The Labute approximate surface area is 218 Å². The number of nitrogens with zero attached hydrogens (tertiary/aromatic N) is 3. The van der Waals surface area contributed by atoms with Crippen molar-refractivity contribution in [2.75, 3.05) is 13.3 Å². The van der Waals surface area contributed by atoms with Crippen LogP contribution < -0.4 is 0 Å². The van der Waals surface area contributed by atoms with Gasteiger partial charge in [0.15, 0.2) is 5.82 Å². The summed E-state index contributed by atoms with van der Waals surface area (Å²) >= 11 is 6.23. The number of hydrogen-bond acceptors (Lipinski definition) is 6. The number of rotatable bonds is 7. The third-order valence-electron chi connectivity index (χ3n) is 5.02. The molecular weight excluding hydrogens is 564 g/mol. The zero-order chi connectivity index (χ0) is 28.5. The first-order valence-electron chi connectivity index (χ1n) is 10.4. The van der Waals surface area contributed by atoms with E-state index in [1.165, 1.54) is 18.3 Å². The molecule has 0 saturated heterocycles. The molecule has 38 heavy (non-hydrogen) atoms. The number of halogens is 7. The van der Waals surface area contributed by atoms with E-state index in [9.17, 15) is 39.6 Å². The van der Waals surface area contributed by atoms with E-state index < -0.39 is 58.2 Å². The molecule has 0 atom stereocenters. The van der Waals surface area contributed by atoms with E-state index in [0.29, 0.717) is 17.7 Å². The van der Waals surface area contributed by atoms with Gasteiger partial charge in [-0.05, 0) is 29.8 Å². The van der Waals surface area contributed by atoms with Crippen LogP contribution in [0.5, 0.6) is 0 Å². The van der Waals surface area contributed by atoms with Crippen LogP contribution in [0.4, 0.5) is 26.3 Å². The van der Waals surface area contributed by atoms with Crippen LogP contribution in [0.3, 0.4) is 0 Å². The van der Waals surface area contributed by atoms with E-state index in [4.69, 9.17) is 11.6 Å². The maximum absolute atomic E-state index is 13.4. The van der Waals surface area contributed by atoms with Crippen molar-refractivity contribution in [3.63, 3.8) is 0 Å². The first kappa shape index (κ1) is 29.3. The zero-order valence-electron chi connectivity index (χ0n) is 19.6. The fraction of sp³-hybridized carbons (Fsp3) is 0.261. The molecule has 2 aromatic carbocycles. The van der Waals surface area contributed by atoms with Gasteiger partial charge in [0, 0.05) is 35.9 Å². The average molecular weight is 582 g/mol. The van der Waals surface area contributed by atoms with Gasteiger partial charge in [0.2, 0.25) is 0 Å². The van der Waals surface area contributed by atoms with Crippen LogP contribution in [0, 0.1) is 0 Å². The van der Waals surface area contributed by atoms with E-state index in [0.717, 1.165) is 18.2 Å². The molecular formula is C23H18ClF6N3O4S. The molecule has 0 radical (unpaired) electrons. The van der Waals surface area contributed by atoms with Gasteiger partial charge in [-0.15, -0.1) is 0 Å². The zero-order valence-corrected chi connectivity index (χ0v) is 21.1. The fourth-order valence-corrected chi connectivity index (χ4v) is 3.88. The van der Waals surface area contributed by atoms with Gasteiger partial charge in [-0.3, -0.25) is 8.98 Å². The number of aromatic nitrogens is 2. The van der Waals surface area contributed by atoms with E-state index in [1.807, 2.05) is 0 Å². The Balaban J connectivity index is 2.04. The molecule has 1 aromatic heterocycles. The lowest BCUT2D eigenvalue weighted by Gasteiger charge is -2.21. The molecule has 1 heterocycles. The highest BCUT2D eigenvalue weighted by Crippen LogP contribution is 2.37. The van der Waals surface area contributed by atoms with Crippen LogP contribution in [0.2, 0.25) is 5.02 Å². The molecule has 1 amide bonds. The summed E-state index contributed by atoms with van der Waals surface area (Å²) in [6.07, 6.45) is -8.15. The van der Waals surface area contributed by atoms with Crippen molar-refractivity contribution < 1.29 is 43.7 Å². The van der Waals surface area contributed by atoms with Crippen LogP contribution in [-0.4, -0.2) is 42.5 Å². The summed E-state index contributed by atoms with van der Waals surface area (Å²) in [7, 11) is -2.74. The molecule has 7 nitrogen and oxygen atoms in total. The topological polar surface area (TPSA) is 89.5 Å². The molecule has 0 bridgehead atoms. The van der Waals surface area contributed by atoms with Crippen molar-refractivity contribution in [1.82, 2.24) is 14.9 Å². The quantitative estimate of drug-likeness (QED) is 0.267. The Morgan fingerprint density at radius 2 is 1.58 bits per heavy atom. The summed E-state index contributed by atoms with van der Waals surface area (Å²) in [6, 6.07) is 7.27. The third-order valence-corrected chi connectivity index (χ3v) is 5.90. The standard InChI is InChI=1S/C23H18ClF6N3O4S/c1-33(11-13-7-14(22(25,26)27)9-15(8-13)23(28,29)30)21(34)20-17(16-5-3-4-6-18(16)24)10-31-19(32-20)12-37-38(2,35)36/h3-10H,11-12H2,1-2H3. The Hall–Kier alpha value is -3.23. The summed E-state index contributed by atoms with van der Waals surface area (Å²) in [5, 5.41) is 0.195. The maximum Gasteiger partial charge on any atom is 0.416 e. The summed E-state index contributed by atoms with van der Waals surface area (Å²) in [5.74, 6) is -1.13. The van der Waals surface area contributed by atoms with Crippen molar-refractivity contribution >= 4 is 27.6 Å². The van der Waals surface area contributed by atoms with Gasteiger partial charge in [0.25, 0.3) is 16.0 Å². The molecule has 3 rings (SSSR count). The van der Waals surface area contributed by atoms with Crippen molar-refractivity contribution in [2.24, 2.45) is 0 Å². The van der Waals surface area contributed by atoms with E-state index in [2.05, 4.69) is 14.2 Å². The minimum Gasteiger partial charge on any atom is -0.336 e. The van der Waals surface area contributed by atoms with Crippen LogP contribution in [0.15, 0.2) is 48.7 Å². The Bertz CT molecular complexity index is 1430. The van der Waals surface area contributed by atoms with Gasteiger partial charge in [-0.1, -0.05) is 29.8 Å². The molecule has 0 fully saturated rings. The van der Waals surface area contributed by atoms with Crippen molar-refractivity contribution in [2.45, 2.75) is 25.5 Å². The summed E-state index contributed by atoms with van der Waals surface area (Å²) in [4.78, 5) is 22.3. The number of carbonyl (C=O) groups is 1. The molecule has 0 aliphatic carbocycles. The number of hydrogen-bond donors (Lipinski definition) is 0. The maximum atomic E-state index is 13.4. The van der Waals surface area contributed by atoms with Crippen molar-refractivity contribution in [1.29, 1.82) is 0 Å². The molecule has 204 valence electrons. The predicted molar refractivity (Wildman–Crippen MR) is 124 cm³/mol. The number of benzene rings is 2. The van der Waals surface area contributed by atoms with Crippen LogP contribution >= 0.6 is 11.6 Å². The van der Waals surface area contributed by atoms with Crippen LogP contribution in [0.1, 0.15) is 33.0 Å². The molecule has 0 N–H and O–H groups in total. The lowest BCUT2D eigenvalue weighted by molar-refractivity contribution is -0.143. The smallest absolute Gasteiger partial charge is 0.336 e. The van der Waals surface area contributed by atoms with Gasteiger partial charge in [-0.25, -0.2) is 9.97 Å². The largest absolute Gasteiger partial charge is 0.416 e. The number of alkyl halides is 6. The Morgan fingerprint density at radius 3 is 2.11 bits per heavy atom. The number of amides is 1. The van der Waals surface area contributed by atoms with Gasteiger partial charge in [0.1, 0.15) is 12.3 Å². The summed E-state index contributed by atoms with van der Waals surface area (Å²) in [6.45, 7) is -1.28. The Morgan fingerprint density at radius 1 is 1.00 bits per heavy atom. The van der Waals surface area contributed by atoms with Gasteiger partial charge in [0.05, 0.1) is 17.4 Å². The molecule has 0 unspecified atom stereocenters. The Kier molecular flexibility index (Phi) is 8.39. The van der Waals surface area contributed by atoms with Crippen LogP contribution in [0.25, 0.3) is 11.1 Å². The van der Waals surface area contributed by atoms with Crippen molar-refractivity contribution in [3.8, 4) is 11.1 Å². The lowest BCUT2D eigenvalue weighted by Crippen LogP contribution is -2.28. The minimum atomic E-state index is -5.06. The van der Waals surface area contributed by atoms with Gasteiger partial charge < -0.3 is 4.90 Å². The lowest BCUT2D eigenvalue weighted by atomic mass is 10.0. The summed E-state index contributed by atoms with van der Waals surface area (Å²) in [5.41, 5.74) is -3.41. The highest BCUT2D eigenvalue weighted by molar-refractivity contribution is 7.85. The molecule has 0 aliphatic rings. The first-order chi connectivity index (χ1) is 17.5. The van der Waals surface area contributed by atoms with E-state index >= 15 is 0 Å². The predicted octanol–water partition coefficient (Wildman–Crippen LogP) is 5.58. The monoisotopic (exact) mass is 581 g/mol. The third kappa shape index (κ3) is 7.42. The average Bonchev–Trinajstić information content (AvgIpc) is 2.81. The normalized spacial score (nSPS) is 12.4. The number of carbonyl (C=O) groups excluding carboxylic acids is 1. The molecule has 0 aliphatic heterocycles. The molecule has 15 heteroatoms. The highest BCUT2D eigenvalue weighted by Gasteiger charge is 2.37. The second-order valence-electron chi connectivity index (χ2n) is 8.07. The van der Waals surface area contributed by atoms with Gasteiger partial charge >= 0.3 is 12.4 Å². The van der Waals surface area contributed by atoms with Crippen molar-refractivity contribution in [3.05, 3.63) is 81.9 Å². The summed E-state index contributed by atoms with van der Waals surface area (Å²) < 4.78 is 107. The van der Waals surface area contributed by atoms with Crippen LogP contribution in [-0.2, 0) is 39.8 Å². The second-order valence-corrected chi connectivity index (χ2v) is 10.1. The van der Waals surface area contributed by atoms with E-state index in [1.54, 1.807) is 12.1 Å². The molecule has 0 saturated carbocycles. The minimum absolute atomic E-state index is 0.0146. The van der Waals surface area contributed by atoms with Gasteiger partial charge in [-0.2, -0.15) is 34.8 Å². The first-order valence-corrected chi connectivity index (χ1v) is 12.6. The second kappa shape index (κ2) is 10.9. The highest BCUT2D eigenvalue weighted by atomic mass is 35.5. The van der Waals surface area contributed by atoms with E-state index in [-0.39, 0.29) is 28.2 Å². The fourth-order valence-electron chi connectivity index (χ4n) is 3.32. The molecule has 3 aromatic rings. The SMILES string of the molecule is CN(Cc1cc(C(F)(F)F)cc(C(F)(F)F)c1)C(=O)c1nc(COS(C)(=O)=O)ncc1-c1ccccc1Cl.